The summed E-state index contributed by atoms with van der Waals surface area (Å²) in [6.45, 7) is 13.7. The molecule has 0 unspecified atom stereocenters. The van der Waals surface area contributed by atoms with Gasteiger partial charge in [-0.05, 0) is 36.0 Å². The zero-order chi connectivity index (χ0) is 17.5. The van der Waals surface area contributed by atoms with Crippen LogP contribution < -0.4 is 0 Å². The number of benzene rings is 1. The molecule has 132 valence electrons. The molecule has 2 heteroatoms. The summed E-state index contributed by atoms with van der Waals surface area (Å²) in [5.41, 5.74) is 2.11. The van der Waals surface area contributed by atoms with Gasteiger partial charge < -0.3 is 0 Å². The summed E-state index contributed by atoms with van der Waals surface area (Å²) >= 11 is 0. The fourth-order valence-electron chi connectivity index (χ4n) is 2.99. The van der Waals surface area contributed by atoms with Crippen molar-refractivity contribution in [2.24, 2.45) is 0 Å². The third-order valence-electron chi connectivity index (χ3n) is 4.86. The molecule has 0 N–H and O–H groups in total. The van der Waals surface area contributed by atoms with Crippen LogP contribution in [0.2, 0.25) is 0 Å². The Morgan fingerprint density at radius 2 is 1.43 bits per heavy atom. The number of rotatable bonds is 9. The molecular formula is C21H36OS. The fraction of sp³-hybridized carbons (Fsp3) is 0.667. The van der Waals surface area contributed by atoms with E-state index in [0.717, 1.165) is 11.3 Å². The number of Topliss-reactive ketones (excluding diaryl/α,β-unsaturated/α-hetero) is 1. The summed E-state index contributed by atoms with van der Waals surface area (Å²) in [6, 6.07) is 8.12. The maximum Gasteiger partial charge on any atom is 0.171 e. The van der Waals surface area contributed by atoms with E-state index >= 15 is 0 Å². The van der Waals surface area contributed by atoms with Gasteiger partial charge in [0.2, 0.25) is 0 Å². The van der Waals surface area contributed by atoms with Gasteiger partial charge in [-0.1, -0.05) is 77.3 Å². The van der Waals surface area contributed by atoms with E-state index in [0.29, 0.717) is 5.78 Å². The van der Waals surface area contributed by atoms with Crippen molar-refractivity contribution in [3.05, 3.63) is 35.4 Å². The van der Waals surface area contributed by atoms with Crippen molar-refractivity contribution in [3.63, 3.8) is 0 Å². The van der Waals surface area contributed by atoms with Crippen molar-refractivity contribution >= 4 is 15.8 Å². The van der Waals surface area contributed by atoms with Crippen molar-refractivity contribution in [3.8, 4) is 0 Å². The lowest BCUT2D eigenvalue weighted by atomic mass is 10.1. The van der Waals surface area contributed by atoms with Crippen molar-refractivity contribution < 1.29 is 4.79 Å². The Balaban J connectivity index is 3.06. The fourth-order valence-corrected chi connectivity index (χ4v) is 7.49. The molecule has 0 heterocycles. The lowest BCUT2D eigenvalue weighted by molar-refractivity contribution is 0.102. The average Bonchev–Trinajstić information content (AvgIpc) is 2.49. The lowest BCUT2D eigenvalue weighted by Gasteiger charge is -2.51. The summed E-state index contributed by atoms with van der Waals surface area (Å²) in [4.78, 5) is 13.0. The molecule has 0 aliphatic heterocycles. The number of carbonyl (C=O) groups excluding carboxylic acids is 1. The third kappa shape index (κ3) is 5.67. The largest absolute Gasteiger partial charge is 0.293 e. The van der Waals surface area contributed by atoms with Crippen LogP contribution in [0.25, 0.3) is 0 Å². The molecular weight excluding hydrogens is 300 g/mol. The zero-order valence-electron chi connectivity index (χ0n) is 16.1. The predicted molar refractivity (Wildman–Crippen MR) is 107 cm³/mol. The smallest absolute Gasteiger partial charge is 0.171 e. The highest BCUT2D eigenvalue weighted by atomic mass is 32.3. The van der Waals surface area contributed by atoms with E-state index in [-0.39, 0.29) is 4.75 Å². The number of unbranched alkanes of at least 4 members (excludes halogenated alkanes) is 2. The lowest BCUT2D eigenvalue weighted by Crippen LogP contribution is -2.35. The Morgan fingerprint density at radius 1 is 0.957 bits per heavy atom. The van der Waals surface area contributed by atoms with E-state index < -0.39 is 10.0 Å². The molecule has 1 rings (SSSR count). The molecule has 0 aliphatic carbocycles. The van der Waals surface area contributed by atoms with E-state index in [4.69, 9.17) is 0 Å². The monoisotopic (exact) mass is 336 g/mol. The zero-order valence-corrected chi connectivity index (χ0v) is 16.9. The Bertz CT molecular complexity index is 474. The summed E-state index contributed by atoms with van der Waals surface area (Å²) < 4.78 is 0.234. The average molecular weight is 337 g/mol. The molecule has 0 saturated carbocycles. The third-order valence-corrected chi connectivity index (χ3v) is 10.4. The highest BCUT2D eigenvalue weighted by molar-refractivity contribution is 8.35. The van der Waals surface area contributed by atoms with Crippen molar-refractivity contribution in [1.29, 1.82) is 0 Å². The predicted octanol–water partition coefficient (Wildman–Crippen LogP) is 6.38. The quantitative estimate of drug-likeness (QED) is 0.478. The molecule has 0 aromatic heterocycles. The molecule has 23 heavy (non-hydrogen) atoms. The van der Waals surface area contributed by atoms with Gasteiger partial charge in [0.05, 0.1) is 0 Å². The van der Waals surface area contributed by atoms with Crippen LogP contribution in [0.5, 0.6) is 0 Å². The van der Waals surface area contributed by atoms with Gasteiger partial charge in [-0.25, -0.2) is 10.0 Å². The molecule has 0 radical (unpaired) electrons. The van der Waals surface area contributed by atoms with Gasteiger partial charge in [-0.15, -0.1) is 0 Å². The van der Waals surface area contributed by atoms with Gasteiger partial charge in [0.25, 0.3) is 0 Å². The molecule has 0 spiro atoms. The molecule has 0 fully saturated rings. The van der Waals surface area contributed by atoms with Crippen molar-refractivity contribution in [2.75, 3.05) is 17.3 Å². The number of hydrogen-bond donors (Lipinski definition) is 0. The minimum absolute atomic E-state index is 0.234. The van der Waals surface area contributed by atoms with Gasteiger partial charge >= 0.3 is 0 Å². The maximum absolute atomic E-state index is 13.0. The second kappa shape index (κ2) is 8.92. The second-order valence-electron chi connectivity index (χ2n) is 7.71. The van der Waals surface area contributed by atoms with Crippen molar-refractivity contribution in [2.45, 2.75) is 72.0 Å². The van der Waals surface area contributed by atoms with Crippen LogP contribution in [0.4, 0.5) is 0 Å². The number of carbonyl (C=O) groups is 1. The van der Waals surface area contributed by atoms with Crippen LogP contribution in [0.1, 0.15) is 76.2 Å². The maximum atomic E-state index is 13.0. The first-order chi connectivity index (χ1) is 10.8. The summed E-state index contributed by atoms with van der Waals surface area (Å²) in [6.07, 6.45) is 4.93. The van der Waals surface area contributed by atoms with E-state index in [1.165, 1.54) is 42.8 Å². The van der Waals surface area contributed by atoms with Gasteiger partial charge in [0.15, 0.2) is 5.78 Å². The van der Waals surface area contributed by atoms with Gasteiger partial charge in [0, 0.05) is 11.3 Å². The first kappa shape index (κ1) is 20.3. The van der Waals surface area contributed by atoms with E-state index in [1.54, 1.807) is 0 Å². The standard InChI is InChI=1S/C21H36OS/c1-7-9-15-23(16-10-8-2,21(4,5)6)17-20(22)19-13-11-18(3)12-14-19/h11-14H,7-10,15-17H2,1-6H3. The summed E-state index contributed by atoms with van der Waals surface area (Å²) in [5, 5.41) is 0. The summed E-state index contributed by atoms with van der Waals surface area (Å²) in [5.74, 6) is 3.59. The van der Waals surface area contributed by atoms with Crippen LogP contribution in [0.3, 0.4) is 0 Å². The Kier molecular flexibility index (Phi) is 7.86. The highest BCUT2D eigenvalue weighted by Crippen LogP contribution is 2.60. The van der Waals surface area contributed by atoms with Gasteiger partial charge in [-0.2, -0.15) is 0 Å². The first-order valence-corrected chi connectivity index (χ1v) is 11.3. The molecule has 1 nitrogen and oxygen atoms in total. The molecule has 1 aromatic carbocycles. The Labute approximate surface area is 145 Å². The molecule has 0 atom stereocenters. The van der Waals surface area contributed by atoms with Crippen LogP contribution in [0.15, 0.2) is 24.3 Å². The second-order valence-corrected chi connectivity index (χ2v) is 12.1. The normalized spacial score (nSPS) is 13.1. The molecule has 1 aromatic rings. The number of ketones is 1. The van der Waals surface area contributed by atoms with E-state index in [1.807, 2.05) is 12.1 Å². The highest BCUT2D eigenvalue weighted by Gasteiger charge is 2.37. The molecule has 0 amide bonds. The van der Waals surface area contributed by atoms with E-state index in [2.05, 4.69) is 53.7 Å². The topological polar surface area (TPSA) is 17.1 Å². The van der Waals surface area contributed by atoms with Crippen molar-refractivity contribution in [1.82, 2.24) is 0 Å². The van der Waals surface area contributed by atoms with Crippen LogP contribution in [0, 0.1) is 6.92 Å². The SMILES string of the molecule is CCCCS(CCCC)(CC(=O)c1ccc(C)cc1)C(C)(C)C. The Hall–Kier alpha value is -0.760. The number of hydrogen-bond acceptors (Lipinski definition) is 1. The first-order valence-electron chi connectivity index (χ1n) is 9.11. The molecule has 0 saturated heterocycles. The van der Waals surface area contributed by atoms with Gasteiger partial charge in [-0.3, -0.25) is 4.79 Å². The molecule has 0 bridgehead atoms. The minimum atomic E-state index is -0.944. The van der Waals surface area contributed by atoms with Crippen LogP contribution in [-0.4, -0.2) is 27.8 Å². The Morgan fingerprint density at radius 3 is 1.83 bits per heavy atom. The van der Waals surface area contributed by atoms with Crippen LogP contribution >= 0.6 is 10.0 Å². The minimum Gasteiger partial charge on any atom is -0.293 e. The van der Waals surface area contributed by atoms with Crippen LogP contribution in [-0.2, 0) is 0 Å². The van der Waals surface area contributed by atoms with Gasteiger partial charge in [0.1, 0.15) is 0 Å². The summed E-state index contributed by atoms with van der Waals surface area (Å²) in [7, 11) is -0.944. The molecule has 0 aliphatic rings. The van der Waals surface area contributed by atoms with E-state index in [9.17, 15) is 4.79 Å². The number of aryl methyl sites for hydroxylation is 1.